The lowest BCUT2D eigenvalue weighted by molar-refractivity contribution is -0.122. The fourth-order valence-electron chi connectivity index (χ4n) is 4.48. The average Bonchev–Trinajstić information content (AvgIpc) is 3.37. The fraction of sp³-hybridized carbons (Fsp3) is 0.259. The van der Waals surface area contributed by atoms with E-state index < -0.39 is 0 Å². The number of aromatic hydroxyl groups is 1. The normalized spacial score (nSPS) is 17.3. The predicted molar refractivity (Wildman–Crippen MR) is 151 cm³/mol. The number of carbonyl (C=O) groups is 1. The predicted octanol–water partition coefficient (Wildman–Crippen LogP) is 4.18. The van der Waals surface area contributed by atoms with Gasteiger partial charge in [-0.1, -0.05) is 11.6 Å². The van der Waals surface area contributed by atoms with E-state index in [1.165, 1.54) is 12.1 Å². The van der Waals surface area contributed by atoms with E-state index in [9.17, 15) is 5.11 Å². The summed E-state index contributed by atoms with van der Waals surface area (Å²) in [6.07, 6.45) is 9.28. The van der Waals surface area contributed by atoms with Gasteiger partial charge in [-0.3, -0.25) is 4.79 Å². The molecule has 0 unspecified atom stereocenters. The third-order valence-electron chi connectivity index (χ3n) is 6.48. The van der Waals surface area contributed by atoms with E-state index in [1.54, 1.807) is 25.6 Å². The Morgan fingerprint density at radius 3 is 2.56 bits per heavy atom. The van der Waals surface area contributed by atoms with E-state index in [0.717, 1.165) is 48.0 Å². The molecule has 39 heavy (non-hydrogen) atoms. The molecule has 7 N–H and O–H groups in total. The molecular weight excluding hydrogens is 522 g/mol. The smallest absolute Gasteiger partial charge is 0.290 e. The van der Waals surface area contributed by atoms with Crippen LogP contribution in [0.5, 0.6) is 11.6 Å². The van der Waals surface area contributed by atoms with E-state index in [2.05, 4.69) is 26.5 Å². The number of phenolic OH excluding ortho intramolecular Hbond substituents is 1. The number of pyridine rings is 1. The van der Waals surface area contributed by atoms with Gasteiger partial charge in [0.25, 0.3) is 6.47 Å². The van der Waals surface area contributed by atoms with E-state index in [-0.39, 0.29) is 30.1 Å². The Kier molecular flexibility index (Phi) is 8.84. The van der Waals surface area contributed by atoms with Gasteiger partial charge >= 0.3 is 0 Å². The molecule has 4 aromatic rings. The maximum absolute atomic E-state index is 9.67. The Morgan fingerprint density at radius 2 is 1.92 bits per heavy atom. The standard InChI is InChI=1S/C26H28ClN7O2.CH2O2/c1-36-24-9-2-15(12-30-24)16-10-23-25(32-18-5-3-17(28)4-6-18)20(13-31-34(23)14-16)26(29)33-22-8-7-19(35)11-21(22)27;2-1-3/h2,7-14,17-18,32,35H,3-6,28H2,1H3,(H2,29,33);1H,(H,2,3)/t17-,18-;. The van der Waals surface area contributed by atoms with Crippen LogP contribution in [0.15, 0.2) is 60.0 Å². The number of rotatable bonds is 6. The Balaban J connectivity index is 0.00000112. The van der Waals surface area contributed by atoms with Gasteiger partial charge in [-0.2, -0.15) is 5.10 Å². The van der Waals surface area contributed by atoms with Crippen molar-refractivity contribution in [2.24, 2.45) is 16.5 Å². The van der Waals surface area contributed by atoms with Crippen LogP contribution in [0, 0.1) is 0 Å². The molecule has 5 rings (SSSR count). The molecule has 11 nitrogen and oxygen atoms in total. The van der Waals surface area contributed by atoms with Crippen LogP contribution in [0.1, 0.15) is 31.2 Å². The summed E-state index contributed by atoms with van der Waals surface area (Å²) in [5.41, 5.74) is 17.4. The van der Waals surface area contributed by atoms with Gasteiger partial charge in [0.1, 0.15) is 11.6 Å². The zero-order valence-corrected chi connectivity index (χ0v) is 22.0. The van der Waals surface area contributed by atoms with Crippen molar-refractivity contribution < 1.29 is 19.7 Å². The molecule has 1 aromatic carbocycles. The van der Waals surface area contributed by atoms with Gasteiger partial charge in [0.05, 0.1) is 40.8 Å². The van der Waals surface area contributed by atoms with Crippen LogP contribution in [0.25, 0.3) is 16.6 Å². The van der Waals surface area contributed by atoms with Crippen molar-refractivity contribution >= 4 is 40.8 Å². The molecule has 0 aliphatic heterocycles. The molecule has 12 heteroatoms. The Labute approximate surface area is 230 Å². The quantitative estimate of drug-likeness (QED) is 0.134. The zero-order chi connectivity index (χ0) is 27.9. The number of phenols is 1. The molecule has 1 saturated carbocycles. The maximum Gasteiger partial charge on any atom is 0.290 e. The van der Waals surface area contributed by atoms with Crippen molar-refractivity contribution in [1.82, 2.24) is 14.6 Å². The highest BCUT2D eigenvalue weighted by Crippen LogP contribution is 2.33. The number of carboxylic acid groups (broad SMARTS) is 1. The minimum absolute atomic E-state index is 0.0622. The second-order valence-corrected chi connectivity index (χ2v) is 9.48. The number of nitrogens with one attached hydrogen (secondary N) is 1. The minimum Gasteiger partial charge on any atom is -0.508 e. The third kappa shape index (κ3) is 6.57. The first-order valence-electron chi connectivity index (χ1n) is 12.3. The molecule has 1 aliphatic rings. The highest BCUT2D eigenvalue weighted by Gasteiger charge is 2.22. The second kappa shape index (κ2) is 12.5. The molecule has 0 amide bonds. The highest BCUT2D eigenvalue weighted by molar-refractivity contribution is 6.33. The number of ether oxygens (including phenoxy) is 1. The molecule has 0 radical (unpaired) electrons. The highest BCUT2D eigenvalue weighted by atomic mass is 35.5. The number of benzene rings is 1. The molecule has 0 bridgehead atoms. The van der Waals surface area contributed by atoms with Crippen molar-refractivity contribution in [3.05, 3.63) is 65.6 Å². The first kappa shape index (κ1) is 27.7. The number of fused-ring (bicyclic) bond motifs is 1. The van der Waals surface area contributed by atoms with Crippen molar-refractivity contribution in [2.45, 2.75) is 37.8 Å². The number of anilines is 1. The van der Waals surface area contributed by atoms with Gasteiger partial charge in [-0.05, 0) is 49.9 Å². The van der Waals surface area contributed by atoms with E-state index in [0.29, 0.717) is 22.2 Å². The fourth-order valence-corrected chi connectivity index (χ4v) is 4.69. The van der Waals surface area contributed by atoms with Crippen LogP contribution in [0.4, 0.5) is 11.4 Å². The number of aromatic nitrogens is 3. The lowest BCUT2D eigenvalue weighted by atomic mass is 9.91. The lowest BCUT2D eigenvalue weighted by Gasteiger charge is -2.28. The SMILES string of the molecule is COc1ccc(-c2cc3c(N[C@H]4CC[C@H](N)CC4)c(C(N)=Nc4ccc(O)cc4Cl)cnn3c2)cn1.O=CO. The van der Waals surface area contributed by atoms with Crippen LogP contribution in [-0.4, -0.2) is 56.3 Å². The summed E-state index contributed by atoms with van der Waals surface area (Å²) in [5, 5.41) is 25.2. The summed E-state index contributed by atoms with van der Waals surface area (Å²) in [4.78, 5) is 17.2. The Morgan fingerprint density at radius 1 is 1.18 bits per heavy atom. The van der Waals surface area contributed by atoms with Crippen LogP contribution in [0.2, 0.25) is 5.02 Å². The van der Waals surface area contributed by atoms with E-state index >= 15 is 0 Å². The lowest BCUT2D eigenvalue weighted by Crippen LogP contribution is -2.33. The van der Waals surface area contributed by atoms with Crippen LogP contribution in [0.3, 0.4) is 0 Å². The van der Waals surface area contributed by atoms with Gasteiger partial charge < -0.3 is 31.7 Å². The molecular formula is C27H30ClN7O4. The van der Waals surface area contributed by atoms with Gasteiger partial charge in [0.15, 0.2) is 0 Å². The Bertz CT molecular complexity index is 1470. The van der Waals surface area contributed by atoms with Crippen molar-refractivity contribution in [1.29, 1.82) is 0 Å². The van der Waals surface area contributed by atoms with Gasteiger partial charge in [-0.25, -0.2) is 14.5 Å². The Hall–Kier alpha value is -4.35. The summed E-state index contributed by atoms with van der Waals surface area (Å²) in [6, 6.07) is 10.9. The summed E-state index contributed by atoms with van der Waals surface area (Å²) in [7, 11) is 1.59. The first-order valence-corrected chi connectivity index (χ1v) is 12.7. The zero-order valence-electron chi connectivity index (χ0n) is 21.3. The van der Waals surface area contributed by atoms with Gasteiger partial charge in [0.2, 0.25) is 5.88 Å². The number of hydrogen-bond donors (Lipinski definition) is 5. The molecule has 3 heterocycles. The summed E-state index contributed by atoms with van der Waals surface area (Å²) in [5.74, 6) is 0.881. The average molecular weight is 552 g/mol. The van der Waals surface area contributed by atoms with Crippen LogP contribution >= 0.6 is 11.6 Å². The van der Waals surface area contributed by atoms with Gasteiger partial charge in [0, 0.05) is 47.7 Å². The number of amidine groups is 1. The molecule has 0 atom stereocenters. The minimum atomic E-state index is -0.250. The van der Waals surface area contributed by atoms with E-state index in [4.69, 9.17) is 37.7 Å². The molecule has 0 spiro atoms. The molecule has 1 aliphatic carbocycles. The van der Waals surface area contributed by atoms with Crippen molar-refractivity contribution in [2.75, 3.05) is 12.4 Å². The summed E-state index contributed by atoms with van der Waals surface area (Å²) >= 11 is 6.27. The van der Waals surface area contributed by atoms with Crippen molar-refractivity contribution in [3.63, 3.8) is 0 Å². The molecule has 3 aromatic heterocycles. The third-order valence-corrected chi connectivity index (χ3v) is 6.79. The summed E-state index contributed by atoms with van der Waals surface area (Å²) < 4.78 is 7.00. The molecule has 204 valence electrons. The largest absolute Gasteiger partial charge is 0.508 e. The number of halogens is 1. The summed E-state index contributed by atoms with van der Waals surface area (Å²) in [6.45, 7) is -0.250. The number of nitrogens with zero attached hydrogens (tertiary/aromatic N) is 4. The molecule has 0 saturated heterocycles. The van der Waals surface area contributed by atoms with Crippen molar-refractivity contribution in [3.8, 4) is 22.8 Å². The molecule has 1 fully saturated rings. The number of nitrogens with two attached hydrogens (primary N) is 2. The number of hydrogen-bond acceptors (Lipinski definition) is 8. The van der Waals surface area contributed by atoms with Gasteiger partial charge in [-0.15, -0.1) is 0 Å². The van der Waals surface area contributed by atoms with E-state index in [1.807, 2.05) is 22.8 Å². The monoisotopic (exact) mass is 551 g/mol. The first-order chi connectivity index (χ1) is 18.8. The maximum atomic E-state index is 9.67. The van der Waals surface area contributed by atoms with Crippen LogP contribution in [-0.2, 0) is 4.79 Å². The van der Waals surface area contributed by atoms with Crippen LogP contribution < -0.4 is 21.5 Å². The number of methoxy groups -OCH3 is 1. The topological polar surface area (TPSA) is 173 Å². The number of aliphatic imine (C=N–C) groups is 1. The second-order valence-electron chi connectivity index (χ2n) is 9.08.